The van der Waals surface area contributed by atoms with Gasteiger partial charge >= 0.3 is 12.4 Å². The Morgan fingerprint density at radius 1 is 0.414 bits per heavy atom. The van der Waals surface area contributed by atoms with Gasteiger partial charge in [0.05, 0.1) is 25.3 Å². The molecule has 0 fully saturated rings. The zero-order chi connectivity index (χ0) is 42.1. The van der Waals surface area contributed by atoms with Crippen molar-refractivity contribution in [3.8, 4) is 44.9 Å². The molecule has 0 saturated carbocycles. The molecule has 0 aliphatic carbocycles. The SMILES string of the molecule is COc1ccc(C(=O)c2ccc(-c3ccc(C(N)=O)cc3)c(C(F)(F)F)c2)cc1-c1cc(C(=O)c2ccc(-c3ccc(C(N)=O)cc3)c(C(F)(F)F)c2)ccc1OC. The number of amides is 2. The van der Waals surface area contributed by atoms with Crippen LogP contribution in [0.5, 0.6) is 11.5 Å². The summed E-state index contributed by atoms with van der Waals surface area (Å²) in [5, 5.41) is 0. The van der Waals surface area contributed by atoms with Crippen molar-refractivity contribution in [2.45, 2.75) is 12.4 Å². The summed E-state index contributed by atoms with van der Waals surface area (Å²) in [4.78, 5) is 50.6. The largest absolute Gasteiger partial charge is 0.496 e. The van der Waals surface area contributed by atoms with Gasteiger partial charge in [-0.1, -0.05) is 48.5 Å². The molecule has 4 N–H and O–H groups in total. The van der Waals surface area contributed by atoms with Gasteiger partial charge in [-0.25, -0.2) is 0 Å². The Labute approximate surface area is 326 Å². The van der Waals surface area contributed by atoms with Crippen molar-refractivity contribution in [3.05, 3.63) is 166 Å². The number of carbonyl (C=O) groups excluding carboxylic acids is 4. The number of alkyl halides is 6. The Kier molecular flexibility index (Phi) is 11.0. The van der Waals surface area contributed by atoms with Crippen molar-refractivity contribution < 1.29 is 55.0 Å². The van der Waals surface area contributed by atoms with E-state index in [1.165, 1.54) is 111 Å². The molecule has 294 valence electrons. The summed E-state index contributed by atoms with van der Waals surface area (Å²) < 4.78 is 97.3. The van der Waals surface area contributed by atoms with Crippen LogP contribution in [-0.4, -0.2) is 37.6 Å². The Morgan fingerprint density at radius 2 is 0.707 bits per heavy atom. The second-order valence-electron chi connectivity index (χ2n) is 12.9. The van der Waals surface area contributed by atoms with E-state index in [9.17, 15) is 45.5 Å². The molecule has 0 radical (unpaired) electrons. The quantitative estimate of drug-likeness (QED) is 0.0990. The van der Waals surface area contributed by atoms with Gasteiger partial charge in [-0.2, -0.15) is 26.3 Å². The molecular formula is C44H30F6N2O6. The van der Waals surface area contributed by atoms with Crippen LogP contribution in [0.4, 0.5) is 26.3 Å². The molecule has 0 unspecified atom stereocenters. The summed E-state index contributed by atoms with van der Waals surface area (Å²) in [7, 11) is 2.65. The van der Waals surface area contributed by atoms with Gasteiger partial charge in [0.15, 0.2) is 11.6 Å². The molecule has 0 bridgehead atoms. The maximum absolute atomic E-state index is 14.4. The zero-order valence-corrected chi connectivity index (χ0v) is 30.4. The molecule has 0 aromatic heterocycles. The molecule has 6 rings (SSSR count). The van der Waals surface area contributed by atoms with E-state index in [0.29, 0.717) is 0 Å². The number of hydrogen-bond donors (Lipinski definition) is 2. The van der Waals surface area contributed by atoms with Crippen LogP contribution in [0.3, 0.4) is 0 Å². The molecule has 2 amide bonds. The van der Waals surface area contributed by atoms with E-state index >= 15 is 0 Å². The van der Waals surface area contributed by atoms with E-state index < -0.39 is 46.9 Å². The van der Waals surface area contributed by atoms with Crippen LogP contribution in [0, 0.1) is 0 Å². The first-order valence-electron chi connectivity index (χ1n) is 17.1. The molecule has 58 heavy (non-hydrogen) atoms. The fourth-order valence-corrected chi connectivity index (χ4v) is 6.42. The second-order valence-corrected chi connectivity index (χ2v) is 12.9. The fourth-order valence-electron chi connectivity index (χ4n) is 6.42. The molecule has 0 heterocycles. The average molecular weight is 797 g/mol. The van der Waals surface area contributed by atoms with Gasteiger partial charge in [-0.15, -0.1) is 0 Å². The molecular weight excluding hydrogens is 766 g/mol. The second kappa shape index (κ2) is 15.7. The summed E-state index contributed by atoms with van der Waals surface area (Å²) in [5.74, 6) is -2.74. The van der Waals surface area contributed by atoms with Gasteiger partial charge < -0.3 is 20.9 Å². The van der Waals surface area contributed by atoms with Crippen molar-refractivity contribution in [2.24, 2.45) is 11.5 Å². The molecule has 6 aromatic carbocycles. The predicted molar refractivity (Wildman–Crippen MR) is 203 cm³/mol. The van der Waals surface area contributed by atoms with Gasteiger partial charge in [0.2, 0.25) is 11.8 Å². The third-order valence-corrected chi connectivity index (χ3v) is 9.35. The lowest BCUT2D eigenvalue weighted by atomic mass is 9.91. The summed E-state index contributed by atoms with van der Waals surface area (Å²) in [5.41, 5.74) is 7.94. The standard InChI is InChI=1S/C44H30F6N2O6/c1-57-37-17-13-27(39(53)29-11-15-31(35(21-29)43(45,46)47)23-3-7-25(8-4-23)41(51)55)19-33(37)34-20-28(14-18-38(34)58-2)40(54)30-12-16-32(36(22-30)44(48,49)50)24-5-9-26(10-6-24)42(52)56/h3-22H,1-2H3,(H2,51,55)(H2,52,56). The van der Waals surface area contributed by atoms with Crippen LogP contribution in [-0.2, 0) is 12.4 Å². The topological polar surface area (TPSA) is 139 Å². The van der Waals surface area contributed by atoms with Gasteiger partial charge in [-0.05, 0) is 95.1 Å². The van der Waals surface area contributed by atoms with Crippen LogP contribution >= 0.6 is 0 Å². The summed E-state index contributed by atoms with van der Waals surface area (Å²) in [6.07, 6.45) is -9.75. The van der Waals surface area contributed by atoms with Gasteiger partial charge in [0.1, 0.15) is 11.5 Å². The van der Waals surface area contributed by atoms with Crippen molar-refractivity contribution in [3.63, 3.8) is 0 Å². The lowest BCUT2D eigenvalue weighted by Crippen LogP contribution is -2.12. The van der Waals surface area contributed by atoms with Crippen LogP contribution in [0.2, 0.25) is 0 Å². The number of primary amides is 2. The Balaban J connectivity index is 1.38. The third kappa shape index (κ3) is 8.17. The first-order valence-corrected chi connectivity index (χ1v) is 17.1. The molecule has 0 saturated heterocycles. The van der Waals surface area contributed by atoms with Crippen LogP contribution in [0.15, 0.2) is 121 Å². The summed E-state index contributed by atoms with van der Waals surface area (Å²) >= 11 is 0. The van der Waals surface area contributed by atoms with E-state index in [4.69, 9.17) is 20.9 Å². The van der Waals surface area contributed by atoms with Crippen LogP contribution in [0.25, 0.3) is 33.4 Å². The number of ether oxygens (including phenoxy) is 2. The maximum Gasteiger partial charge on any atom is 0.417 e. The van der Waals surface area contributed by atoms with Crippen molar-refractivity contribution in [2.75, 3.05) is 14.2 Å². The van der Waals surface area contributed by atoms with Crippen LogP contribution in [0.1, 0.15) is 63.7 Å². The highest BCUT2D eigenvalue weighted by Crippen LogP contribution is 2.42. The van der Waals surface area contributed by atoms with E-state index in [-0.39, 0.29) is 78.3 Å². The number of carbonyl (C=O) groups is 4. The van der Waals surface area contributed by atoms with E-state index in [1.807, 2.05) is 0 Å². The van der Waals surface area contributed by atoms with E-state index in [2.05, 4.69) is 0 Å². The molecule has 0 aliphatic rings. The van der Waals surface area contributed by atoms with E-state index in [0.717, 1.165) is 24.3 Å². The number of halogens is 6. The fraction of sp³-hybridized carbons (Fsp3) is 0.0909. The summed E-state index contributed by atoms with van der Waals surface area (Å²) in [6, 6.07) is 24.8. The number of benzene rings is 6. The third-order valence-electron chi connectivity index (χ3n) is 9.35. The highest BCUT2D eigenvalue weighted by atomic mass is 19.4. The van der Waals surface area contributed by atoms with Crippen molar-refractivity contribution in [1.82, 2.24) is 0 Å². The lowest BCUT2D eigenvalue weighted by molar-refractivity contribution is -0.137. The average Bonchev–Trinajstić information content (AvgIpc) is 3.21. The molecule has 0 atom stereocenters. The van der Waals surface area contributed by atoms with Crippen molar-refractivity contribution in [1.29, 1.82) is 0 Å². The highest BCUT2D eigenvalue weighted by molar-refractivity contribution is 6.12. The molecule has 8 nitrogen and oxygen atoms in total. The Bertz CT molecular complexity index is 2420. The van der Waals surface area contributed by atoms with E-state index in [1.54, 1.807) is 0 Å². The predicted octanol–water partition coefficient (Wildman–Crippen LogP) is 9.40. The van der Waals surface area contributed by atoms with Gasteiger partial charge in [0.25, 0.3) is 0 Å². The minimum absolute atomic E-state index is 0.0597. The number of hydrogen-bond acceptors (Lipinski definition) is 6. The Hall–Kier alpha value is -7.22. The Morgan fingerprint density at radius 3 is 1.00 bits per heavy atom. The number of rotatable bonds is 11. The minimum atomic E-state index is -4.88. The van der Waals surface area contributed by atoms with Gasteiger partial charge in [0, 0.05) is 44.5 Å². The maximum atomic E-state index is 14.4. The highest BCUT2D eigenvalue weighted by Gasteiger charge is 2.36. The van der Waals surface area contributed by atoms with Gasteiger partial charge in [-0.3, -0.25) is 19.2 Å². The van der Waals surface area contributed by atoms with Crippen LogP contribution < -0.4 is 20.9 Å². The smallest absolute Gasteiger partial charge is 0.417 e. The summed E-state index contributed by atoms with van der Waals surface area (Å²) in [6.45, 7) is 0. The monoisotopic (exact) mass is 796 g/mol. The normalized spacial score (nSPS) is 11.5. The zero-order valence-electron chi connectivity index (χ0n) is 30.4. The first kappa shape index (κ1) is 40.4. The first-order chi connectivity index (χ1) is 27.4. The molecule has 0 spiro atoms. The number of ketones is 2. The lowest BCUT2D eigenvalue weighted by Gasteiger charge is -2.17. The van der Waals surface area contributed by atoms with Crippen molar-refractivity contribution >= 4 is 23.4 Å². The number of methoxy groups -OCH3 is 2. The molecule has 6 aromatic rings. The molecule has 0 aliphatic heterocycles. The molecule has 14 heteroatoms. The number of nitrogens with two attached hydrogens (primary N) is 2. The minimum Gasteiger partial charge on any atom is -0.496 e.